The van der Waals surface area contributed by atoms with Gasteiger partial charge < -0.3 is 14.8 Å². The number of nitrogens with zero attached hydrogens (tertiary/aromatic N) is 2. The number of nitrogens with one attached hydrogen (secondary N) is 1. The molecule has 1 amide bonds. The minimum Gasteiger partial charge on any atom is -0.454 e. The van der Waals surface area contributed by atoms with Gasteiger partial charge in [0.25, 0.3) is 0 Å². The molecule has 3 aromatic rings. The summed E-state index contributed by atoms with van der Waals surface area (Å²) in [5.74, 6) is 2.38. The molecule has 6 nitrogen and oxygen atoms in total. The molecule has 1 aliphatic heterocycles. The maximum absolute atomic E-state index is 12.4. The van der Waals surface area contributed by atoms with Crippen LogP contribution in [0, 0.1) is 6.92 Å². The molecule has 0 bridgehead atoms. The molecule has 4 rings (SSSR count). The first-order valence-corrected chi connectivity index (χ1v) is 9.64. The number of amides is 1. The number of fused-ring (bicyclic) bond motifs is 2. The van der Waals surface area contributed by atoms with E-state index in [1.54, 1.807) is 0 Å². The predicted molar refractivity (Wildman–Crippen MR) is 104 cm³/mol. The van der Waals surface area contributed by atoms with Crippen molar-refractivity contribution in [2.75, 3.05) is 12.5 Å². The van der Waals surface area contributed by atoms with Crippen molar-refractivity contribution in [3.63, 3.8) is 0 Å². The molecule has 0 fully saturated rings. The van der Waals surface area contributed by atoms with Crippen LogP contribution in [0.2, 0.25) is 0 Å². The number of aromatic nitrogens is 2. The number of hydrogen-bond acceptors (Lipinski definition) is 6. The van der Waals surface area contributed by atoms with Crippen molar-refractivity contribution in [1.29, 1.82) is 0 Å². The number of ether oxygens (including phenoxy) is 2. The fraction of sp³-hybridized carbons (Fsp3) is 0.250. The van der Waals surface area contributed by atoms with E-state index in [0.717, 1.165) is 27.2 Å². The molecule has 0 unspecified atom stereocenters. The van der Waals surface area contributed by atoms with Gasteiger partial charge in [-0.3, -0.25) is 4.79 Å². The lowest BCUT2D eigenvalue weighted by molar-refractivity contribution is -0.119. The Balaban J connectivity index is 1.41. The lowest BCUT2D eigenvalue weighted by Gasteiger charge is -2.15. The monoisotopic (exact) mass is 381 g/mol. The SMILES string of the molecule is Cc1nc(SCC(=O)N[C@H](C)c2ccc3c(c2)OCO3)c2ccccc2n1. The van der Waals surface area contributed by atoms with Crippen molar-refractivity contribution in [2.45, 2.75) is 24.9 Å². The zero-order valence-electron chi connectivity index (χ0n) is 15.1. The molecule has 7 heteroatoms. The van der Waals surface area contributed by atoms with Crippen LogP contribution in [0.1, 0.15) is 24.4 Å². The molecule has 1 aliphatic rings. The van der Waals surface area contributed by atoms with E-state index in [-0.39, 0.29) is 24.5 Å². The molecular formula is C20H19N3O3S. The van der Waals surface area contributed by atoms with E-state index in [1.165, 1.54) is 11.8 Å². The van der Waals surface area contributed by atoms with Crippen LogP contribution >= 0.6 is 11.8 Å². The number of thioether (sulfide) groups is 1. The number of para-hydroxylation sites is 1. The second-order valence-electron chi connectivity index (χ2n) is 6.28. The van der Waals surface area contributed by atoms with Crippen LogP contribution in [0.5, 0.6) is 11.5 Å². The molecule has 1 atom stereocenters. The van der Waals surface area contributed by atoms with Gasteiger partial charge in [0.2, 0.25) is 12.7 Å². The molecule has 2 heterocycles. The Bertz CT molecular complexity index is 1010. The first-order chi connectivity index (χ1) is 13.1. The van der Waals surface area contributed by atoms with Gasteiger partial charge in [-0.05, 0) is 37.6 Å². The third-order valence-electron chi connectivity index (χ3n) is 4.29. The number of rotatable bonds is 5. The molecule has 27 heavy (non-hydrogen) atoms. The molecule has 0 radical (unpaired) electrons. The number of carbonyl (C=O) groups excluding carboxylic acids is 1. The smallest absolute Gasteiger partial charge is 0.231 e. The lowest BCUT2D eigenvalue weighted by Crippen LogP contribution is -2.28. The highest BCUT2D eigenvalue weighted by Gasteiger charge is 2.17. The molecule has 0 saturated carbocycles. The van der Waals surface area contributed by atoms with E-state index < -0.39 is 0 Å². The van der Waals surface area contributed by atoms with Crippen molar-refractivity contribution >= 4 is 28.6 Å². The van der Waals surface area contributed by atoms with Crippen LogP contribution in [0.4, 0.5) is 0 Å². The zero-order valence-corrected chi connectivity index (χ0v) is 15.9. The van der Waals surface area contributed by atoms with E-state index in [4.69, 9.17) is 9.47 Å². The highest BCUT2D eigenvalue weighted by Crippen LogP contribution is 2.34. The normalized spacial score (nSPS) is 13.6. The lowest BCUT2D eigenvalue weighted by atomic mass is 10.1. The van der Waals surface area contributed by atoms with Gasteiger partial charge in [0, 0.05) is 5.39 Å². The second kappa shape index (κ2) is 7.44. The number of aryl methyl sites for hydroxylation is 1. The Morgan fingerprint density at radius 3 is 2.89 bits per heavy atom. The summed E-state index contributed by atoms with van der Waals surface area (Å²) in [4.78, 5) is 21.3. The molecule has 138 valence electrons. The maximum Gasteiger partial charge on any atom is 0.231 e. The van der Waals surface area contributed by atoms with Crippen molar-refractivity contribution in [3.05, 3.63) is 53.9 Å². The summed E-state index contributed by atoms with van der Waals surface area (Å²) in [7, 11) is 0. The summed E-state index contributed by atoms with van der Waals surface area (Å²) < 4.78 is 10.7. The summed E-state index contributed by atoms with van der Waals surface area (Å²) in [5, 5.41) is 4.81. The minimum absolute atomic E-state index is 0.0505. The van der Waals surface area contributed by atoms with Gasteiger partial charge in [0.05, 0.1) is 17.3 Å². The quantitative estimate of drug-likeness (QED) is 0.537. The van der Waals surface area contributed by atoms with Crippen LogP contribution in [0.25, 0.3) is 10.9 Å². The zero-order chi connectivity index (χ0) is 18.8. The summed E-state index contributed by atoms with van der Waals surface area (Å²) in [6, 6.07) is 13.4. The predicted octanol–water partition coefficient (Wildman–Crippen LogP) is 3.64. The van der Waals surface area contributed by atoms with Gasteiger partial charge in [0.1, 0.15) is 10.9 Å². The van der Waals surface area contributed by atoms with Gasteiger partial charge in [-0.2, -0.15) is 0 Å². The van der Waals surface area contributed by atoms with Crippen molar-refractivity contribution in [2.24, 2.45) is 0 Å². The molecule has 2 aromatic carbocycles. The third-order valence-corrected chi connectivity index (χ3v) is 5.29. The van der Waals surface area contributed by atoms with Crippen molar-refractivity contribution in [3.8, 4) is 11.5 Å². The Hall–Kier alpha value is -2.80. The summed E-state index contributed by atoms with van der Waals surface area (Å²) in [6.07, 6.45) is 0. The van der Waals surface area contributed by atoms with E-state index in [1.807, 2.05) is 56.3 Å². The fourth-order valence-electron chi connectivity index (χ4n) is 2.95. The minimum atomic E-state index is -0.128. The van der Waals surface area contributed by atoms with E-state index in [9.17, 15) is 4.79 Å². The third kappa shape index (κ3) is 3.83. The molecular weight excluding hydrogens is 362 g/mol. The summed E-state index contributed by atoms with van der Waals surface area (Å²) >= 11 is 1.42. The molecule has 0 saturated heterocycles. The Morgan fingerprint density at radius 2 is 2.00 bits per heavy atom. The fourth-order valence-corrected chi connectivity index (χ4v) is 3.83. The van der Waals surface area contributed by atoms with Crippen LogP contribution in [0.15, 0.2) is 47.5 Å². The van der Waals surface area contributed by atoms with Crippen LogP contribution in [-0.2, 0) is 4.79 Å². The molecule has 0 aliphatic carbocycles. The maximum atomic E-state index is 12.4. The number of benzene rings is 2. The van der Waals surface area contributed by atoms with Gasteiger partial charge in [0.15, 0.2) is 11.5 Å². The van der Waals surface area contributed by atoms with Crippen LogP contribution < -0.4 is 14.8 Å². The standard InChI is InChI=1S/C20H19N3O3S/c1-12(14-7-8-17-18(9-14)26-11-25-17)21-19(24)10-27-20-15-5-3-4-6-16(15)22-13(2)23-20/h3-9,12H,10-11H2,1-2H3,(H,21,24)/t12-/m1/s1. The van der Waals surface area contributed by atoms with Gasteiger partial charge >= 0.3 is 0 Å². The highest BCUT2D eigenvalue weighted by molar-refractivity contribution is 8.00. The first kappa shape index (κ1) is 17.6. The van der Waals surface area contributed by atoms with E-state index >= 15 is 0 Å². The highest BCUT2D eigenvalue weighted by atomic mass is 32.2. The Labute approximate surface area is 161 Å². The van der Waals surface area contributed by atoms with Crippen LogP contribution in [-0.4, -0.2) is 28.4 Å². The average Bonchev–Trinajstić information content (AvgIpc) is 3.13. The largest absolute Gasteiger partial charge is 0.454 e. The summed E-state index contributed by atoms with van der Waals surface area (Å²) in [6.45, 7) is 4.05. The van der Waals surface area contributed by atoms with Gasteiger partial charge in [-0.25, -0.2) is 9.97 Å². The summed E-state index contributed by atoms with van der Waals surface area (Å²) in [5.41, 5.74) is 1.86. The molecule has 1 N–H and O–H groups in total. The second-order valence-corrected chi connectivity index (χ2v) is 7.25. The van der Waals surface area contributed by atoms with Crippen molar-refractivity contribution in [1.82, 2.24) is 15.3 Å². The average molecular weight is 381 g/mol. The van der Waals surface area contributed by atoms with Gasteiger partial charge in [-0.1, -0.05) is 36.0 Å². The van der Waals surface area contributed by atoms with E-state index in [0.29, 0.717) is 11.6 Å². The van der Waals surface area contributed by atoms with Crippen molar-refractivity contribution < 1.29 is 14.3 Å². The molecule has 1 aromatic heterocycles. The Morgan fingerprint density at radius 1 is 1.19 bits per heavy atom. The van der Waals surface area contributed by atoms with E-state index in [2.05, 4.69) is 15.3 Å². The van der Waals surface area contributed by atoms with Gasteiger partial charge in [-0.15, -0.1) is 0 Å². The topological polar surface area (TPSA) is 73.3 Å². The first-order valence-electron chi connectivity index (χ1n) is 8.65. The van der Waals surface area contributed by atoms with Crippen LogP contribution in [0.3, 0.4) is 0 Å². The number of carbonyl (C=O) groups is 1. The Kier molecular flexibility index (Phi) is 4.85. The number of hydrogen-bond donors (Lipinski definition) is 1. The molecule has 0 spiro atoms.